The molecule has 0 amide bonds. The molecular weight excluding hydrogens is 599 g/mol. The van der Waals surface area contributed by atoms with Gasteiger partial charge in [-0.25, -0.2) is 9.97 Å². The molecule has 7 aromatic rings. The number of hydrogen-bond acceptors (Lipinski definition) is 9. The van der Waals surface area contributed by atoms with Crippen molar-refractivity contribution in [1.82, 2.24) is 14.9 Å². The first-order valence-electron chi connectivity index (χ1n) is 14.7. The van der Waals surface area contributed by atoms with Gasteiger partial charge in [-0.1, -0.05) is 89.4 Å². The molecule has 0 bridgehead atoms. The van der Waals surface area contributed by atoms with Gasteiger partial charge in [0.25, 0.3) is 0 Å². The molecule has 8 rings (SSSR count). The van der Waals surface area contributed by atoms with E-state index in [4.69, 9.17) is 19.4 Å². The third-order valence-electron chi connectivity index (χ3n) is 7.53. The van der Waals surface area contributed by atoms with E-state index in [1.807, 2.05) is 84.9 Å². The van der Waals surface area contributed by atoms with E-state index in [0.29, 0.717) is 6.67 Å². The zero-order valence-corrected chi connectivity index (χ0v) is 26.0. The monoisotopic (exact) mass is 627 g/mol. The van der Waals surface area contributed by atoms with Crippen molar-refractivity contribution in [2.45, 2.75) is 6.54 Å². The summed E-state index contributed by atoms with van der Waals surface area (Å²) in [5, 5.41) is 1.95. The number of hydrogen-bond donors (Lipinski definition) is 0. The number of fused-ring (bicyclic) bond motifs is 2. The first-order valence-corrected chi connectivity index (χ1v) is 16.4. The van der Waals surface area contributed by atoms with E-state index in [2.05, 4.69) is 57.2 Å². The average molecular weight is 628 g/mol. The van der Waals surface area contributed by atoms with Gasteiger partial charge in [-0.2, -0.15) is 0 Å². The molecule has 222 valence electrons. The van der Waals surface area contributed by atoms with Crippen molar-refractivity contribution in [3.8, 4) is 23.0 Å². The molecule has 1 aliphatic heterocycles. The number of nitrogens with zero attached hydrogens (tertiary/aromatic N) is 5. The van der Waals surface area contributed by atoms with E-state index in [0.717, 1.165) is 73.6 Å². The second-order valence-electron chi connectivity index (χ2n) is 10.9. The van der Waals surface area contributed by atoms with E-state index in [-0.39, 0.29) is 0 Å². The Kier molecular flexibility index (Phi) is 7.48. The molecule has 0 atom stereocenters. The van der Waals surface area contributed by atoms with Crippen molar-refractivity contribution in [1.29, 1.82) is 0 Å². The Morgan fingerprint density at radius 3 is 1.47 bits per heavy atom. The fourth-order valence-electron chi connectivity index (χ4n) is 5.44. The zero-order valence-electron chi connectivity index (χ0n) is 24.3. The highest BCUT2D eigenvalue weighted by Gasteiger charge is 2.28. The zero-order chi connectivity index (χ0) is 30.0. The molecule has 1 aliphatic rings. The highest BCUT2D eigenvalue weighted by Crippen LogP contribution is 2.37. The van der Waals surface area contributed by atoms with Gasteiger partial charge in [-0.15, -0.1) is 0 Å². The van der Waals surface area contributed by atoms with Crippen LogP contribution in [-0.4, -0.2) is 34.9 Å². The molecule has 2 aromatic heterocycles. The number of para-hydroxylation sites is 2. The van der Waals surface area contributed by atoms with Crippen LogP contribution in [0.3, 0.4) is 0 Å². The highest BCUT2D eigenvalue weighted by molar-refractivity contribution is 7.22. The standard InChI is InChI=1S/C36H29N5O2S2/c1-4-10-26(11-5-1)22-39-23-40(35-37-31-18-16-29(20-33(31)44-35)42-27-12-6-2-7-13-27)25-41(24-39)36-38-32-19-17-30(21-34(32)45-36)43-28-14-8-3-9-15-28/h1-21H,22-25H2. The molecule has 7 nitrogen and oxygen atoms in total. The van der Waals surface area contributed by atoms with Gasteiger partial charge < -0.3 is 19.3 Å². The molecule has 0 unspecified atom stereocenters. The molecule has 0 radical (unpaired) electrons. The predicted molar refractivity (Wildman–Crippen MR) is 184 cm³/mol. The molecule has 5 aromatic carbocycles. The van der Waals surface area contributed by atoms with Crippen LogP contribution < -0.4 is 19.3 Å². The van der Waals surface area contributed by atoms with Crippen molar-refractivity contribution in [2.24, 2.45) is 0 Å². The summed E-state index contributed by atoms with van der Waals surface area (Å²) >= 11 is 3.38. The molecule has 0 saturated carbocycles. The quantitative estimate of drug-likeness (QED) is 0.167. The van der Waals surface area contributed by atoms with Gasteiger partial charge in [0, 0.05) is 18.7 Å². The topological polar surface area (TPSA) is 54.0 Å². The van der Waals surface area contributed by atoms with E-state index in [1.54, 1.807) is 22.7 Å². The average Bonchev–Trinajstić information content (AvgIpc) is 3.70. The molecule has 0 aliphatic carbocycles. The fourth-order valence-corrected chi connectivity index (χ4v) is 7.40. The summed E-state index contributed by atoms with van der Waals surface area (Å²) in [6, 6.07) is 42.6. The fraction of sp³-hybridized carbons (Fsp3) is 0.111. The highest BCUT2D eigenvalue weighted by atomic mass is 32.1. The van der Waals surface area contributed by atoms with Crippen molar-refractivity contribution in [2.75, 3.05) is 29.8 Å². The molecule has 0 spiro atoms. The SMILES string of the molecule is c1ccc(CN2CN(c3nc4ccc(Oc5ccccc5)cc4s3)CN(c3nc4ccc(Oc5ccccc5)cc4s3)C2)cc1. The number of thiazole rings is 2. The van der Waals surface area contributed by atoms with Crippen LogP contribution in [0.4, 0.5) is 10.3 Å². The second-order valence-corrected chi connectivity index (χ2v) is 12.9. The number of ether oxygens (including phenoxy) is 2. The Hall–Kier alpha value is -4.96. The second kappa shape index (κ2) is 12.2. The minimum atomic E-state index is 0.686. The van der Waals surface area contributed by atoms with Gasteiger partial charge in [0.1, 0.15) is 23.0 Å². The van der Waals surface area contributed by atoms with Gasteiger partial charge in [-0.05, 0) is 54.1 Å². The lowest BCUT2D eigenvalue weighted by Crippen LogP contribution is -2.55. The van der Waals surface area contributed by atoms with Crippen molar-refractivity contribution in [3.63, 3.8) is 0 Å². The van der Waals surface area contributed by atoms with Crippen LogP contribution >= 0.6 is 22.7 Å². The summed E-state index contributed by atoms with van der Waals surface area (Å²) in [5.74, 6) is 3.25. The maximum absolute atomic E-state index is 6.10. The van der Waals surface area contributed by atoms with Crippen LogP contribution in [0.1, 0.15) is 5.56 Å². The lowest BCUT2D eigenvalue weighted by Gasteiger charge is -2.42. The van der Waals surface area contributed by atoms with Crippen molar-refractivity contribution >= 4 is 53.4 Å². The molecule has 45 heavy (non-hydrogen) atoms. The molecular formula is C36H29N5O2S2. The van der Waals surface area contributed by atoms with E-state index >= 15 is 0 Å². The van der Waals surface area contributed by atoms with Crippen LogP contribution in [0.25, 0.3) is 20.4 Å². The van der Waals surface area contributed by atoms with Crippen LogP contribution in [0.15, 0.2) is 127 Å². The molecule has 0 N–H and O–H groups in total. The van der Waals surface area contributed by atoms with Crippen LogP contribution in [0.2, 0.25) is 0 Å². The summed E-state index contributed by atoms with van der Waals surface area (Å²) in [6.45, 7) is 3.04. The van der Waals surface area contributed by atoms with Gasteiger partial charge in [-0.3, -0.25) is 4.90 Å². The van der Waals surface area contributed by atoms with E-state index in [1.165, 1.54) is 5.56 Å². The van der Waals surface area contributed by atoms with Crippen LogP contribution in [0.5, 0.6) is 23.0 Å². The third-order valence-corrected chi connectivity index (χ3v) is 9.69. The van der Waals surface area contributed by atoms with Gasteiger partial charge in [0.05, 0.1) is 40.4 Å². The maximum atomic E-state index is 6.10. The number of rotatable bonds is 8. The van der Waals surface area contributed by atoms with Crippen LogP contribution in [-0.2, 0) is 6.54 Å². The molecule has 1 saturated heterocycles. The summed E-state index contributed by atoms with van der Waals surface area (Å²) < 4.78 is 14.4. The van der Waals surface area contributed by atoms with Crippen molar-refractivity contribution in [3.05, 3.63) is 133 Å². The van der Waals surface area contributed by atoms with Gasteiger partial charge in [0.15, 0.2) is 10.3 Å². The largest absolute Gasteiger partial charge is 0.457 e. The Morgan fingerprint density at radius 1 is 0.511 bits per heavy atom. The number of benzene rings is 5. The predicted octanol–water partition coefficient (Wildman–Crippen LogP) is 9.19. The van der Waals surface area contributed by atoms with E-state index in [9.17, 15) is 0 Å². The minimum absolute atomic E-state index is 0.686. The lowest BCUT2D eigenvalue weighted by atomic mass is 10.2. The summed E-state index contributed by atoms with van der Waals surface area (Å²) in [5.41, 5.74) is 3.21. The molecule has 1 fully saturated rings. The number of aromatic nitrogens is 2. The number of anilines is 2. The smallest absolute Gasteiger partial charge is 0.188 e. The Labute approximate surface area is 269 Å². The Morgan fingerprint density at radius 2 is 0.978 bits per heavy atom. The van der Waals surface area contributed by atoms with Crippen LogP contribution in [0, 0.1) is 0 Å². The first kappa shape index (κ1) is 27.6. The normalized spacial score (nSPS) is 13.9. The summed E-state index contributed by atoms with van der Waals surface area (Å²) in [4.78, 5) is 17.2. The summed E-state index contributed by atoms with van der Waals surface area (Å²) in [6.07, 6.45) is 0. The first-order chi connectivity index (χ1) is 22.2. The minimum Gasteiger partial charge on any atom is -0.457 e. The summed E-state index contributed by atoms with van der Waals surface area (Å²) in [7, 11) is 0. The Balaban J connectivity index is 1.08. The molecule has 9 heteroatoms. The maximum Gasteiger partial charge on any atom is 0.188 e. The van der Waals surface area contributed by atoms with E-state index < -0.39 is 0 Å². The Bertz CT molecular complexity index is 1920. The van der Waals surface area contributed by atoms with Crippen molar-refractivity contribution < 1.29 is 9.47 Å². The van der Waals surface area contributed by atoms with Gasteiger partial charge in [0.2, 0.25) is 0 Å². The third kappa shape index (κ3) is 6.19. The lowest BCUT2D eigenvalue weighted by molar-refractivity contribution is 0.234. The van der Waals surface area contributed by atoms with Gasteiger partial charge >= 0.3 is 0 Å². The molecule has 3 heterocycles.